The molecular formula is C33H60N5O3+. The smallest absolute Gasteiger partial charge is 0.329 e. The van der Waals surface area contributed by atoms with Gasteiger partial charge in [0, 0.05) is 44.9 Å². The van der Waals surface area contributed by atoms with Crippen molar-refractivity contribution in [1.82, 2.24) is 15.1 Å². The van der Waals surface area contributed by atoms with Gasteiger partial charge in [-0.3, -0.25) is 14.5 Å². The molecule has 8 nitrogen and oxygen atoms in total. The molecule has 8 heteroatoms. The number of oxime groups is 1. The number of nitrogens with one attached hydrogen (secondary N) is 1. The van der Waals surface area contributed by atoms with E-state index in [1.807, 2.05) is 0 Å². The summed E-state index contributed by atoms with van der Waals surface area (Å²) in [6, 6.07) is 0. The summed E-state index contributed by atoms with van der Waals surface area (Å²) in [6.45, 7) is 11.8. The molecular weight excluding hydrogens is 514 g/mol. The molecule has 4 aliphatic rings. The van der Waals surface area contributed by atoms with Gasteiger partial charge < -0.3 is 14.7 Å². The first kappa shape index (κ1) is 32.4. The maximum atomic E-state index is 13.2. The predicted octanol–water partition coefficient (Wildman–Crippen LogP) is 4.89. The van der Waals surface area contributed by atoms with Crippen LogP contribution in [0.3, 0.4) is 0 Å². The fraction of sp³-hybridized carbons (Fsp3) is 0.909. The lowest BCUT2D eigenvalue weighted by atomic mass is 9.44. The molecule has 0 bridgehead atoms. The van der Waals surface area contributed by atoms with E-state index in [0.29, 0.717) is 42.0 Å². The van der Waals surface area contributed by atoms with Gasteiger partial charge in [-0.2, -0.15) is 0 Å². The molecule has 7 atom stereocenters. The zero-order valence-corrected chi connectivity index (χ0v) is 27.5. The minimum absolute atomic E-state index is 0.217. The Bertz CT molecular complexity index is 961. The summed E-state index contributed by atoms with van der Waals surface area (Å²) in [5.74, 6) is 3.67. The maximum absolute atomic E-state index is 13.2. The summed E-state index contributed by atoms with van der Waals surface area (Å²) in [7, 11) is 10.6. The first-order chi connectivity index (χ1) is 19.2. The zero-order valence-electron chi connectivity index (χ0n) is 27.5. The number of ketones is 1. The summed E-state index contributed by atoms with van der Waals surface area (Å²) >= 11 is 0. The molecule has 4 saturated carbocycles. The Morgan fingerprint density at radius 1 is 0.976 bits per heavy atom. The number of carbonyl (C=O) groups is 2. The molecule has 0 saturated heterocycles. The van der Waals surface area contributed by atoms with Crippen LogP contribution in [0.5, 0.6) is 0 Å². The lowest BCUT2D eigenvalue weighted by Gasteiger charge is -2.60. The van der Waals surface area contributed by atoms with Crippen LogP contribution in [0.1, 0.15) is 78.6 Å². The highest BCUT2D eigenvalue weighted by molar-refractivity contribution is 5.85. The highest BCUT2D eigenvalue weighted by Gasteiger charge is 2.60. The number of carbonyl (C=O) groups excluding carboxylic acids is 2. The first-order valence-electron chi connectivity index (χ1n) is 16.4. The van der Waals surface area contributed by atoms with Crippen LogP contribution >= 0.6 is 0 Å². The number of rotatable bonds is 11. The van der Waals surface area contributed by atoms with Crippen molar-refractivity contribution < 1.29 is 18.9 Å². The molecule has 0 aromatic carbocycles. The second-order valence-electron chi connectivity index (χ2n) is 15.7. The molecule has 0 radical (unpaired) electrons. The molecule has 1 N–H and O–H groups in total. The van der Waals surface area contributed by atoms with Gasteiger partial charge in [0.1, 0.15) is 5.78 Å². The van der Waals surface area contributed by atoms with E-state index in [4.69, 9.17) is 4.84 Å². The lowest BCUT2D eigenvalue weighted by Crippen LogP contribution is -2.53. The summed E-state index contributed by atoms with van der Waals surface area (Å²) in [6.07, 6.45) is 9.73. The van der Waals surface area contributed by atoms with E-state index in [1.165, 1.54) is 32.1 Å². The summed E-state index contributed by atoms with van der Waals surface area (Å²) in [5, 5.41) is 7.96. The van der Waals surface area contributed by atoms with E-state index in [-0.39, 0.29) is 11.5 Å². The standard InChI is InChI=1S/C33H60N5O3/c1-24(35-41-31(40)37(21-22-38(6,7)8)20-18-34-17-19-36(4)5)28-11-12-29-27-10-9-25-23-26(39)13-15-32(25,2)30(27)14-16-33(28,29)3/h25,27-30,34H,9-23H2,1-8H3/q+1/b35-24+/t25-,27-,28+,29-,30-,32-,33+/m0/s1. The summed E-state index contributed by atoms with van der Waals surface area (Å²) in [4.78, 5) is 35.1. The van der Waals surface area contributed by atoms with E-state index in [2.05, 4.69) is 71.4 Å². The average Bonchev–Trinajstić information content (AvgIpc) is 3.25. The number of hydrogen-bond acceptors (Lipinski definition) is 6. The van der Waals surface area contributed by atoms with Crippen LogP contribution in [0.4, 0.5) is 4.79 Å². The van der Waals surface area contributed by atoms with Crippen LogP contribution < -0.4 is 5.32 Å². The van der Waals surface area contributed by atoms with Crippen LogP contribution in [0.15, 0.2) is 5.16 Å². The van der Waals surface area contributed by atoms with Crippen molar-refractivity contribution in [1.29, 1.82) is 0 Å². The van der Waals surface area contributed by atoms with E-state index < -0.39 is 0 Å². The maximum Gasteiger partial charge on any atom is 0.436 e. The fourth-order valence-electron chi connectivity index (χ4n) is 9.32. The van der Waals surface area contributed by atoms with Gasteiger partial charge >= 0.3 is 6.09 Å². The largest absolute Gasteiger partial charge is 0.436 e. The highest BCUT2D eigenvalue weighted by Crippen LogP contribution is 2.67. The van der Waals surface area contributed by atoms with Crippen LogP contribution in [-0.4, -0.2) is 106 Å². The third kappa shape index (κ3) is 7.35. The van der Waals surface area contributed by atoms with Crippen molar-refractivity contribution in [3.05, 3.63) is 0 Å². The van der Waals surface area contributed by atoms with Crippen molar-refractivity contribution in [2.75, 3.05) is 74.5 Å². The topological polar surface area (TPSA) is 74.2 Å². The molecule has 4 rings (SSSR count). The van der Waals surface area contributed by atoms with Crippen LogP contribution in [0, 0.1) is 40.4 Å². The molecule has 1 amide bonds. The van der Waals surface area contributed by atoms with Gasteiger partial charge in [-0.1, -0.05) is 19.0 Å². The molecule has 4 fully saturated rings. The van der Waals surface area contributed by atoms with Gasteiger partial charge in [0.05, 0.1) is 39.9 Å². The third-order valence-corrected chi connectivity index (χ3v) is 11.8. The van der Waals surface area contributed by atoms with Crippen LogP contribution in [-0.2, 0) is 9.63 Å². The Kier molecular flexibility index (Phi) is 10.3. The average molecular weight is 575 g/mol. The van der Waals surface area contributed by atoms with E-state index in [0.717, 1.165) is 73.9 Å². The van der Waals surface area contributed by atoms with Gasteiger partial charge in [-0.15, -0.1) is 0 Å². The van der Waals surface area contributed by atoms with Gasteiger partial charge in [0.25, 0.3) is 0 Å². The van der Waals surface area contributed by atoms with Crippen molar-refractivity contribution >= 4 is 17.6 Å². The van der Waals surface area contributed by atoms with Crippen molar-refractivity contribution in [3.63, 3.8) is 0 Å². The Balaban J connectivity index is 1.38. The van der Waals surface area contributed by atoms with Gasteiger partial charge in [0.2, 0.25) is 0 Å². The number of fused-ring (bicyclic) bond motifs is 5. The minimum atomic E-state index is -0.339. The molecule has 234 valence electrons. The Morgan fingerprint density at radius 3 is 2.39 bits per heavy atom. The monoisotopic (exact) mass is 574 g/mol. The predicted molar refractivity (Wildman–Crippen MR) is 166 cm³/mol. The Morgan fingerprint density at radius 2 is 1.68 bits per heavy atom. The van der Waals surface area contributed by atoms with Gasteiger partial charge in [-0.05, 0) is 100 Å². The van der Waals surface area contributed by atoms with Gasteiger partial charge in [-0.25, -0.2) is 4.79 Å². The number of nitrogens with zero attached hydrogens (tertiary/aromatic N) is 4. The quantitative estimate of drug-likeness (QED) is 0.125. The number of amides is 1. The molecule has 0 heterocycles. The Labute approximate surface area is 250 Å². The third-order valence-electron chi connectivity index (χ3n) is 11.8. The second-order valence-corrected chi connectivity index (χ2v) is 15.7. The second kappa shape index (κ2) is 13.0. The molecule has 41 heavy (non-hydrogen) atoms. The molecule has 0 aromatic heterocycles. The highest BCUT2D eigenvalue weighted by atomic mass is 16.7. The number of Topliss-reactive ketones (excluding diaryl/α,β-unsaturated/α-hetero) is 1. The lowest BCUT2D eigenvalue weighted by molar-refractivity contribution is -0.869. The normalized spacial score (nSPS) is 35.6. The molecule has 0 aromatic rings. The summed E-state index contributed by atoms with van der Waals surface area (Å²) < 4.78 is 0.792. The number of likely N-dealkylation sites (N-methyl/N-ethyl adjacent to an activating group) is 2. The number of hydrogen-bond donors (Lipinski definition) is 1. The van der Waals surface area contributed by atoms with Crippen molar-refractivity contribution in [3.8, 4) is 0 Å². The van der Waals surface area contributed by atoms with Crippen molar-refractivity contribution in [2.24, 2.45) is 45.6 Å². The Hall–Kier alpha value is -1.51. The van der Waals surface area contributed by atoms with Gasteiger partial charge in [0.15, 0.2) is 0 Å². The number of quaternary nitrogens is 1. The molecule has 4 aliphatic carbocycles. The van der Waals surface area contributed by atoms with Crippen LogP contribution in [0.2, 0.25) is 0 Å². The first-order valence-corrected chi connectivity index (χ1v) is 16.4. The van der Waals surface area contributed by atoms with Crippen LogP contribution in [0.25, 0.3) is 0 Å². The minimum Gasteiger partial charge on any atom is -0.329 e. The summed E-state index contributed by atoms with van der Waals surface area (Å²) in [5.41, 5.74) is 1.54. The van der Waals surface area contributed by atoms with E-state index in [1.54, 1.807) is 4.90 Å². The molecule has 0 unspecified atom stereocenters. The van der Waals surface area contributed by atoms with Crippen molar-refractivity contribution in [2.45, 2.75) is 78.6 Å². The fourth-order valence-corrected chi connectivity index (χ4v) is 9.32. The SMILES string of the molecule is C/C(=N\OC(=O)N(CCNCCN(C)C)CC[N+](C)(C)C)[C@H]1CC[C@H]2[C@@H]3CC[C@H]4CC(=O)CC[C@]4(C)[C@H]3CC[C@]12C. The van der Waals surface area contributed by atoms with E-state index >= 15 is 0 Å². The van der Waals surface area contributed by atoms with E-state index in [9.17, 15) is 9.59 Å². The zero-order chi connectivity index (χ0) is 30.0. The molecule has 0 spiro atoms. The molecule has 0 aliphatic heterocycles.